The lowest BCUT2D eigenvalue weighted by atomic mass is 10.0. The van der Waals surface area contributed by atoms with Crippen LogP contribution in [0.1, 0.15) is 25.8 Å². The van der Waals surface area contributed by atoms with Crippen molar-refractivity contribution in [3.05, 3.63) is 48.0 Å². The largest absolute Gasteiger partial charge is 0.494 e. The molecule has 7 heteroatoms. The molecule has 138 valence electrons. The monoisotopic (exact) mass is 374 g/mol. The minimum Gasteiger partial charge on any atom is -0.494 e. The summed E-state index contributed by atoms with van der Waals surface area (Å²) in [5, 5.41) is 0. The summed E-state index contributed by atoms with van der Waals surface area (Å²) < 4.78 is 33.2. The molecule has 0 fully saturated rings. The van der Waals surface area contributed by atoms with Crippen molar-refractivity contribution in [2.24, 2.45) is 0 Å². The molecule has 1 aliphatic heterocycles. The van der Waals surface area contributed by atoms with Gasteiger partial charge < -0.3 is 9.64 Å². The van der Waals surface area contributed by atoms with Gasteiger partial charge in [-0.1, -0.05) is 6.07 Å². The second-order valence-corrected chi connectivity index (χ2v) is 7.81. The molecule has 0 saturated heterocycles. The average Bonchev–Trinajstić information content (AvgIpc) is 2.61. The van der Waals surface area contributed by atoms with Crippen molar-refractivity contribution < 1.29 is 17.9 Å². The molecule has 0 aromatic heterocycles. The second-order valence-electron chi connectivity index (χ2n) is 6.13. The van der Waals surface area contributed by atoms with E-state index in [4.69, 9.17) is 4.74 Å². The standard InChI is InChI=1S/C19H22N2O4S/c1-3-25-17-8-10-18(11-9-17)26(23,24)20-16-7-6-15-5-4-12-21(14(2)22)19(15)13-16/h6-11,13,20H,3-5,12H2,1-2H3. The Morgan fingerprint density at radius 1 is 1.19 bits per heavy atom. The molecule has 26 heavy (non-hydrogen) atoms. The number of ether oxygens (including phenoxy) is 1. The van der Waals surface area contributed by atoms with Gasteiger partial charge in [-0.2, -0.15) is 0 Å². The van der Waals surface area contributed by atoms with Gasteiger partial charge in [0.15, 0.2) is 0 Å². The summed E-state index contributed by atoms with van der Waals surface area (Å²) in [5.41, 5.74) is 2.26. The van der Waals surface area contributed by atoms with Crippen LogP contribution in [-0.2, 0) is 21.2 Å². The van der Waals surface area contributed by atoms with Crippen molar-refractivity contribution in [2.45, 2.75) is 31.6 Å². The molecule has 1 amide bonds. The van der Waals surface area contributed by atoms with Crippen molar-refractivity contribution in [3.8, 4) is 5.75 Å². The summed E-state index contributed by atoms with van der Waals surface area (Å²) in [6.07, 6.45) is 1.79. The van der Waals surface area contributed by atoms with E-state index >= 15 is 0 Å². The van der Waals surface area contributed by atoms with Gasteiger partial charge in [0.1, 0.15) is 5.75 Å². The van der Waals surface area contributed by atoms with Crippen LogP contribution >= 0.6 is 0 Å². The fourth-order valence-electron chi connectivity index (χ4n) is 3.06. The van der Waals surface area contributed by atoms with Gasteiger partial charge in [0.25, 0.3) is 10.0 Å². The maximum absolute atomic E-state index is 12.6. The molecule has 0 bridgehead atoms. The summed E-state index contributed by atoms with van der Waals surface area (Å²) in [7, 11) is -3.72. The van der Waals surface area contributed by atoms with Crippen molar-refractivity contribution in [1.82, 2.24) is 0 Å². The number of sulfonamides is 1. The van der Waals surface area contributed by atoms with E-state index in [1.807, 2.05) is 13.0 Å². The highest BCUT2D eigenvalue weighted by molar-refractivity contribution is 7.92. The zero-order valence-electron chi connectivity index (χ0n) is 14.9. The van der Waals surface area contributed by atoms with Crippen molar-refractivity contribution in [3.63, 3.8) is 0 Å². The summed E-state index contributed by atoms with van der Waals surface area (Å²) in [4.78, 5) is 13.7. The molecule has 0 spiro atoms. The van der Waals surface area contributed by atoms with E-state index in [0.717, 1.165) is 24.1 Å². The van der Waals surface area contributed by atoms with Gasteiger partial charge >= 0.3 is 0 Å². The summed E-state index contributed by atoms with van der Waals surface area (Å²) in [6.45, 7) is 4.56. The molecule has 0 radical (unpaired) electrons. The molecule has 0 saturated carbocycles. The number of aryl methyl sites for hydroxylation is 1. The van der Waals surface area contributed by atoms with Crippen molar-refractivity contribution in [2.75, 3.05) is 22.8 Å². The number of hydrogen-bond acceptors (Lipinski definition) is 4. The van der Waals surface area contributed by atoms with E-state index in [2.05, 4.69) is 4.72 Å². The molecule has 6 nitrogen and oxygen atoms in total. The number of carbonyl (C=O) groups is 1. The molecule has 2 aromatic rings. The van der Waals surface area contributed by atoms with Gasteiger partial charge in [-0.05, 0) is 61.7 Å². The summed E-state index contributed by atoms with van der Waals surface area (Å²) in [5.74, 6) is 0.579. The van der Waals surface area contributed by atoms with Crippen LogP contribution in [0.3, 0.4) is 0 Å². The Kier molecular flexibility index (Phi) is 5.18. The maximum Gasteiger partial charge on any atom is 0.261 e. The van der Waals surface area contributed by atoms with Gasteiger partial charge in [0.2, 0.25) is 5.91 Å². The minimum absolute atomic E-state index is 0.0440. The molecule has 0 atom stereocenters. The Morgan fingerprint density at radius 2 is 1.92 bits per heavy atom. The number of carbonyl (C=O) groups excluding carboxylic acids is 1. The predicted molar refractivity (Wildman–Crippen MR) is 101 cm³/mol. The van der Waals surface area contributed by atoms with Crippen LogP contribution in [0.2, 0.25) is 0 Å². The number of benzene rings is 2. The van der Waals surface area contributed by atoms with Gasteiger partial charge in [-0.25, -0.2) is 8.42 Å². The third kappa shape index (κ3) is 3.83. The quantitative estimate of drug-likeness (QED) is 0.872. The first-order chi connectivity index (χ1) is 12.4. The number of hydrogen-bond donors (Lipinski definition) is 1. The fourth-order valence-corrected chi connectivity index (χ4v) is 4.11. The van der Waals surface area contributed by atoms with Gasteiger partial charge in [0, 0.05) is 19.2 Å². The van der Waals surface area contributed by atoms with Gasteiger partial charge in [0.05, 0.1) is 17.2 Å². The molecule has 0 aliphatic carbocycles. The highest BCUT2D eigenvalue weighted by atomic mass is 32.2. The normalized spacial score (nSPS) is 13.8. The molecular weight excluding hydrogens is 352 g/mol. The third-order valence-corrected chi connectivity index (χ3v) is 5.68. The molecule has 1 heterocycles. The van der Waals surface area contributed by atoms with Crippen LogP contribution in [0.4, 0.5) is 11.4 Å². The van der Waals surface area contributed by atoms with Crippen LogP contribution in [0.5, 0.6) is 5.75 Å². The molecule has 1 aliphatic rings. The van der Waals surface area contributed by atoms with E-state index in [0.29, 0.717) is 24.6 Å². The Morgan fingerprint density at radius 3 is 2.58 bits per heavy atom. The lowest BCUT2D eigenvalue weighted by Crippen LogP contribution is -2.33. The van der Waals surface area contributed by atoms with Crippen LogP contribution in [0, 0.1) is 0 Å². The lowest BCUT2D eigenvalue weighted by molar-refractivity contribution is -0.116. The number of amides is 1. The molecule has 1 N–H and O–H groups in total. The van der Waals surface area contributed by atoms with E-state index in [9.17, 15) is 13.2 Å². The number of anilines is 2. The second kappa shape index (κ2) is 7.37. The van der Waals surface area contributed by atoms with Crippen LogP contribution in [-0.4, -0.2) is 27.5 Å². The minimum atomic E-state index is -3.72. The topological polar surface area (TPSA) is 75.7 Å². The van der Waals surface area contributed by atoms with Crippen molar-refractivity contribution >= 4 is 27.3 Å². The summed E-state index contributed by atoms with van der Waals surface area (Å²) in [6, 6.07) is 11.6. The van der Waals surface area contributed by atoms with E-state index in [1.54, 1.807) is 29.2 Å². The zero-order chi connectivity index (χ0) is 18.7. The highest BCUT2D eigenvalue weighted by Crippen LogP contribution is 2.31. The van der Waals surface area contributed by atoms with Crippen LogP contribution in [0.15, 0.2) is 47.4 Å². The maximum atomic E-state index is 12.6. The van der Waals surface area contributed by atoms with Crippen LogP contribution in [0.25, 0.3) is 0 Å². The fraction of sp³-hybridized carbons (Fsp3) is 0.316. The Bertz CT molecular complexity index is 908. The number of fused-ring (bicyclic) bond motifs is 1. The van der Waals surface area contributed by atoms with Gasteiger partial charge in [-0.3, -0.25) is 9.52 Å². The smallest absolute Gasteiger partial charge is 0.261 e. The molecular formula is C19H22N2O4S. The van der Waals surface area contributed by atoms with Gasteiger partial charge in [-0.15, -0.1) is 0 Å². The zero-order valence-corrected chi connectivity index (χ0v) is 15.7. The first-order valence-corrected chi connectivity index (χ1v) is 10.1. The Labute approximate surface area is 153 Å². The average molecular weight is 374 g/mol. The molecule has 2 aromatic carbocycles. The SMILES string of the molecule is CCOc1ccc(S(=O)(=O)Nc2ccc3c(c2)N(C(C)=O)CCC3)cc1. The Hall–Kier alpha value is -2.54. The summed E-state index contributed by atoms with van der Waals surface area (Å²) >= 11 is 0. The molecule has 0 unspecified atom stereocenters. The first-order valence-electron chi connectivity index (χ1n) is 8.57. The molecule has 3 rings (SSSR count). The third-order valence-electron chi connectivity index (χ3n) is 4.28. The Balaban J connectivity index is 1.86. The number of rotatable bonds is 5. The van der Waals surface area contributed by atoms with E-state index < -0.39 is 10.0 Å². The lowest BCUT2D eigenvalue weighted by Gasteiger charge is -2.29. The van der Waals surface area contributed by atoms with E-state index in [1.165, 1.54) is 19.1 Å². The predicted octanol–water partition coefficient (Wildman–Crippen LogP) is 3.19. The number of nitrogens with zero attached hydrogens (tertiary/aromatic N) is 1. The van der Waals surface area contributed by atoms with E-state index in [-0.39, 0.29) is 10.8 Å². The van der Waals surface area contributed by atoms with Crippen molar-refractivity contribution in [1.29, 1.82) is 0 Å². The first kappa shape index (κ1) is 18.3. The van der Waals surface area contributed by atoms with Crippen LogP contribution < -0.4 is 14.4 Å². The highest BCUT2D eigenvalue weighted by Gasteiger charge is 2.21. The number of nitrogens with one attached hydrogen (secondary N) is 1.